The third-order valence-electron chi connectivity index (χ3n) is 3.85. The Morgan fingerprint density at radius 1 is 1.00 bits per heavy atom. The summed E-state index contributed by atoms with van der Waals surface area (Å²) in [5.74, 6) is 0.112. The third kappa shape index (κ3) is 2.50. The van der Waals surface area contributed by atoms with Gasteiger partial charge in [0.2, 0.25) is 5.88 Å². The van der Waals surface area contributed by atoms with E-state index in [-0.39, 0.29) is 5.88 Å². The highest BCUT2D eigenvalue weighted by Gasteiger charge is 2.18. The van der Waals surface area contributed by atoms with Crippen molar-refractivity contribution < 1.29 is 5.11 Å². The monoisotopic (exact) mass is 292 g/mol. The van der Waals surface area contributed by atoms with E-state index in [0.29, 0.717) is 0 Å². The van der Waals surface area contributed by atoms with E-state index in [0.717, 1.165) is 28.9 Å². The number of aromatic nitrogens is 2. The summed E-state index contributed by atoms with van der Waals surface area (Å²) in [6.45, 7) is 6.17. The molecular formula is C19H20N2O. The summed E-state index contributed by atoms with van der Waals surface area (Å²) in [4.78, 5) is 0. The van der Waals surface area contributed by atoms with Gasteiger partial charge in [-0.2, -0.15) is 0 Å². The number of rotatable bonds is 3. The van der Waals surface area contributed by atoms with Crippen molar-refractivity contribution in [3.63, 3.8) is 0 Å². The second-order valence-electron chi connectivity index (χ2n) is 5.62. The van der Waals surface area contributed by atoms with Gasteiger partial charge in [0.1, 0.15) is 0 Å². The summed E-state index contributed by atoms with van der Waals surface area (Å²) in [7, 11) is 0. The van der Waals surface area contributed by atoms with E-state index in [4.69, 9.17) is 0 Å². The Kier molecular flexibility index (Phi) is 3.72. The lowest BCUT2D eigenvalue weighted by Crippen LogP contribution is -2.00. The van der Waals surface area contributed by atoms with Crippen LogP contribution in [0.1, 0.15) is 23.6 Å². The Morgan fingerprint density at radius 2 is 1.68 bits per heavy atom. The molecule has 0 aliphatic heterocycles. The standard InChI is InChI=1S/C19H20N2O/c1-4-17-18(15-9-5-7-13(2)11-15)21(20-19(17)22)16-10-6-8-14(3)12-16/h5-12H,4H2,1-3H3,(H,20,22). The Morgan fingerprint density at radius 3 is 2.32 bits per heavy atom. The van der Waals surface area contributed by atoms with E-state index in [2.05, 4.69) is 49.3 Å². The molecule has 0 fully saturated rings. The molecule has 0 saturated heterocycles. The lowest BCUT2D eigenvalue weighted by Gasteiger charge is -2.10. The molecule has 0 bridgehead atoms. The van der Waals surface area contributed by atoms with Gasteiger partial charge in [0.25, 0.3) is 0 Å². The Hall–Kier alpha value is -2.55. The maximum atomic E-state index is 10.2. The van der Waals surface area contributed by atoms with Gasteiger partial charge in [0, 0.05) is 11.1 Å². The first-order valence-electron chi connectivity index (χ1n) is 7.55. The highest BCUT2D eigenvalue weighted by atomic mass is 16.3. The lowest BCUT2D eigenvalue weighted by atomic mass is 10.0. The van der Waals surface area contributed by atoms with Crippen LogP contribution in [0.25, 0.3) is 16.9 Å². The number of aryl methyl sites for hydroxylation is 2. The van der Waals surface area contributed by atoms with Crippen molar-refractivity contribution >= 4 is 0 Å². The minimum absolute atomic E-state index is 0.112. The number of hydrogen-bond donors (Lipinski definition) is 1. The van der Waals surface area contributed by atoms with Gasteiger partial charge in [-0.15, -0.1) is 5.10 Å². The molecule has 1 N–H and O–H groups in total. The molecule has 0 aliphatic rings. The smallest absolute Gasteiger partial charge is 0.234 e. The maximum absolute atomic E-state index is 10.2. The van der Waals surface area contributed by atoms with Crippen LogP contribution in [0.2, 0.25) is 0 Å². The maximum Gasteiger partial charge on any atom is 0.234 e. The van der Waals surface area contributed by atoms with Crippen LogP contribution in [-0.2, 0) is 6.42 Å². The highest BCUT2D eigenvalue weighted by Crippen LogP contribution is 2.33. The van der Waals surface area contributed by atoms with Crippen molar-refractivity contribution in [1.82, 2.24) is 9.78 Å². The van der Waals surface area contributed by atoms with Crippen LogP contribution >= 0.6 is 0 Å². The van der Waals surface area contributed by atoms with E-state index >= 15 is 0 Å². The van der Waals surface area contributed by atoms with Crippen molar-refractivity contribution in [2.75, 3.05) is 0 Å². The van der Waals surface area contributed by atoms with E-state index in [9.17, 15) is 5.11 Å². The first kappa shape index (κ1) is 14.4. The summed E-state index contributed by atoms with van der Waals surface area (Å²) < 4.78 is 1.84. The molecule has 112 valence electrons. The fourth-order valence-electron chi connectivity index (χ4n) is 2.80. The van der Waals surface area contributed by atoms with Crippen LogP contribution in [0.15, 0.2) is 48.5 Å². The van der Waals surface area contributed by atoms with Crippen LogP contribution in [0.3, 0.4) is 0 Å². The van der Waals surface area contributed by atoms with E-state index < -0.39 is 0 Å². The largest absolute Gasteiger partial charge is 0.492 e. The molecule has 1 aromatic heterocycles. The molecule has 2 aromatic carbocycles. The molecule has 3 nitrogen and oxygen atoms in total. The van der Waals surface area contributed by atoms with Crippen LogP contribution in [0.4, 0.5) is 0 Å². The Bertz CT molecular complexity index is 818. The number of nitrogens with zero attached hydrogens (tertiary/aromatic N) is 2. The normalized spacial score (nSPS) is 10.9. The molecular weight excluding hydrogens is 272 g/mol. The summed E-state index contributed by atoms with van der Waals surface area (Å²) >= 11 is 0. The quantitative estimate of drug-likeness (QED) is 0.775. The van der Waals surface area contributed by atoms with Gasteiger partial charge in [-0.05, 0) is 44.0 Å². The molecule has 22 heavy (non-hydrogen) atoms. The van der Waals surface area contributed by atoms with E-state index in [1.165, 1.54) is 11.1 Å². The minimum atomic E-state index is 0.112. The third-order valence-corrected chi connectivity index (χ3v) is 3.85. The predicted molar refractivity (Wildman–Crippen MR) is 89.5 cm³/mol. The molecule has 0 saturated carbocycles. The summed E-state index contributed by atoms with van der Waals surface area (Å²) in [5, 5.41) is 14.6. The van der Waals surface area contributed by atoms with Crippen molar-refractivity contribution in [3.05, 3.63) is 65.2 Å². The highest BCUT2D eigenvalue weighted by molar-refractivity contribution is 5.69. The summed E-state index contributed by atoms with van der Waals surface area (Å²) in [6.07, 6.45) is 0.737. The van der Waals surface area contributed by atoms with Crippen LogP contribution in [-0.4, -0.2) is 14.9 Å². The zero-order valence-corrected chi connectivity index (χ0v) is 13.2. The van der Waals surface area contributed by atoms with Gasteiger partial charge in [0.15, 0.2) is 0 Å². The number of benzene rings is 2. The first-order chi connectivity index (χ1) is 10.6. The lowest BCUT2D eigenvalue weighted by molar-refractivity contribution is 0.443. The SMILES string of the molecule is CCc1c(O)nn(-c2cccc(C)c2)c1-c1cccc(C)c1. The predicted octanol–water partition coefficient (Wildman–Crippen LogP) is 4.42. The topological polar surface area (TPSA) is 38.1 Å². The summed E-state index contributed by atoms with van der Waals surface area (Å²) in [6, 6.07) is 16.5. The van der Waals surface area contributed by atoms with Gasteiger partial charge in [-0.25, -0.2) is 4.68 Å². The fraction of sp³-hybridized carbons (Fsp3) is 0.211. The molecule has 0 aliphatic carbocycles. The fourth-order valence-corrected chi connectivity index (χ4v) is 2.80. The van der Waals surface area contributed by atoms with Crippen molar-refractivity contribution in [2.45, 2.75) is 27.2 Å². The van der Waals surface area contributed by atoms with Crippen LogP contribution in [0.5, 0.6) is 5.88 Å². The van der Waals surface area contributed by atoms with Gasteiger partial charge >= 0.3 is 0 Å². The molecule has 3 aromatic rings. The van der Waals surface area contributed by atoms with Crippen molar-refractivity contribution in [2.24, 2.45) is 0 Å². The zero-order chi connectivity index (χ0) is 15.7. The van der Waals surface area contributed by atoms with Gasteiger partial charge in [0.05, 0.1) is 11.4 Å². The molecule has 0 radical (unpaired) electrons. The average molecular weight is 292 g/mol. The Labute approximate surface area is 130 Å². The average Bonchev–Trinajstić information content (AvgIpc) is 2.84. The number of hydrogen-bond acceptors (Lipinski definition) is 2. The summed E-state index contributed by atoms with van der Waals surface area (Å²) in [5.41, 5.74) is 6.25. The molecule has 3 rings (SSSR count). The molecule has 3 heteroatoms. The van der Waals surface area contributed by atoms with Gasteiger partial charge in [-0.3, -0.25) is 0 Å². The molecule has 1 heterocycles. The Balaban J connectivity index is 2.28. The molecule has 0 unspecified atom stereocenters. The second-order valence-corrected chi connectivity index (χ2v) is 5.62. The first-order valence-corrected chi connectivity index (χ1v) is 7.55. The molecule has 0 atom stereocenters. The molecule has 0 amide bonds. The van der Waals surface area contributed by atoms with Gasteiger partial charge < -0.3 is 5.11 Å². The second kappa shape index (κ2) is 5.68. The van der Waals surface area contributed by atoms with E-state index in [1.807, 2.05) is 29.8 Å². The van der Waals surface area contributed by atoms with Crippen molar-refractivity contribution in [1.29, 1.82) is 0 Å². The zero-order valence-electron chi connectivity index (χ0n) is 13.2. The minimum Gasteiger partial charge on any atom is -0.492 e. The van der Waals surface area contributed by atoms with Crippen molar-refractivity contribution in [3.8, 4) is 22.8 Å². The van der Waals surface area contributed by atoms with Crippen LogP contribution in [0, 0.1) is 13.8 Å². The number of aromatic hydroxyl groups is 1. The van der Waals surface area contributed by atoms with Gasteiger partial charge in [-0.1, -0.05) is 42.8 Å². The van der Waals surface area contributed by atoms with E-state index in [1.54, 1.807) is 0 Å². The van der Waals surface area contributed by atoms with Crippen LogP contribution < -0.4 is 0 Å². The molecule has 0 spiro atoms.